The zero-order valence-electron chi connectivity index (χ0n) is 20.7. The molecule has 6 heteroatoms. The first kappa shape index (κ1) is 24.0. The van der Waals surface area contributed by atoms with Crippen LogP contribution in [0.1, 0.15) is 46.7 Å². The van der Waals surface area contributed by atoms with Gasteiger partial charge in [-0.15, -0.1) is 0 Å². The van der Waals surface area contributed by atoms with E-state index >= 15 is 0 Å². The number of nitrogens with zero attached hydrogens (tertiary/aromatic N) is 3. The van der Waals surface area contributed by atoms with E-state index in [-0.39, 0.29) is 17.7 Å². The number of aryl methyl sites for hydroxylation is 1. The zero-order chi connectivity index (χ0) is 24.7. The molecule has 1 aliphatic carbocycles. The molecule has 36 heavy (non-hydrogen) atoms. The van der Waals surface area contributed by atoms with Gasteiger partial charge in [0.05, 0.1) is 5.56 Å². The highest BCUT2D eigenvalue weighted by Crippen LogP contribution is 2.48. The van der Waals surface area contributed by atoms with Gasteiger partial charge in [0, 0.05) is 44.8 Å². The maximum Gasteiger partial charge on any atom is 0.252 e. The highest BCUT2D eigenvalue weighted by molar-refractivity contribution is 5.94. The third kappa shape index (κ3) is 5.93. The standard InChI is InChI=1S/C30H34N4O2/c35-29(31-16-8-7-11-23-9-3-1-4-10-23)25-14-15-28(32-22-25)33-17-19-34(20-18-33)30(36)27-21-26(27)24-12-5-2-6-13-24/h1-6,9-10,12-15,22,26-27H,7-8,11,16-21H2,(H,31,35). The van der Waals surface area contributed by atoms with Crippen LogP contribution >= 0.6 is 0 Å². The molecule has 2 aromatic carbocycles. The molecule has 2 atom stereocenters. The second kappa shape index (κ2) is 11.4. The summed E-state index contributed by atoms with van der Waals surface area (Å²) in [5.74, 6) is 1.57. The van der Waals surface area contributed by atoms with Gasteiger partial charge in [-0.1, -0.05) is 60.7 Å². The molecule has 186 valence electrons. The fourth-order valence-corrected chi connectivity index (χ4v) is 5.04. The number of aromatic nitrogens is 1. The smallest absolute Gasteiger partial charge is 0.252 e. The fourth-order valence-electron chi connectivity index (χ4n) is 5.04. The summed E-state index contributed by atoms with van der Waals surface area (Å²) in [5.41, 5.74) is 3.18. The van der Waals surface area contributed by atoms with Crippen LogP contribution in [-0.4, -0.2) is 54.4 Å². The van der Waals surface area contributed by atoms with Crippen LogP contribution < -0.4 is 10.2 Å². The van der Waals surface area contributed by atoms with Crippen molar-refractivity contribution in [2.45, 2.75) is 31.6 Å². The number of carbonyl (C=O) groups is 2. The van der Waals surface area contributed by atoms with Gasteiger partial charge in [-0.05, 0) is 54.9 Å². The molecule has 1 aromatic heterocycles. The molecule has 0 radical (unpaired) electrons. The van der Waals surface area contributed by atoms with Gasteiger partial charge < -0.3 is 15.1 Å². The van der Waals surface area contributed by atoms with E-state index in [0.717, 1.165) is 44.6 Å². The topological polar surface area (TPSA) is 65.5 Å². The van der Waals surface area contributed by atoms with E-state index in [2.05, 4.69) is 51.6 Å². The van der Waals surface area contributed by atoms with Crippen molar-refractivity contribution in [2.24, 2.45) is 5.92 Å². The molecular weight excluding hydrogens is 448 g/mol. The normalized spacial score (nSPS) is 19.1. The summed E-state index contributed by atoms with van der Waals surface area (Å²) in [4.78, 5) is 34.2. The Labute approximate surface area is 213 Å². The van der Waals surface area contributed by atoms with Crippen LogP contribution in [0.15, 0.2) is 79.0 Å². The average molecular weight is 483 g/mol. The largest absolute Gasteiger partial charge is 0.353 e. The minimum atomic E-state index is -0.0819. The lowest BCUT2D eigenvalue weighted by Crippen LogP contribution is -2.49. The molecule has 0 bridgehead atoms. The number of anilines is 1. The van der Waals surface area contributed by atoms with Crippen molar-refractivity contribution in [3.8, 4) is 0 Å². The van der Waals surface area contributed by atoms with Crippen LogP contribution in [0.4, 0.5) is 5.82 Å². The van der Waals surface area contributed by atoms with E-state index < -0.39 is 0 Å². The molecule has 3 aromatic rings. The molecule has 6 nitrogen and oxygen atoms in total. The van der Waals surface area contributed by atoms with Gasteiger partial charge in [0.1, 0.15) is 5.82 Å². The Morgan fingerprint density at radius 1 is 0.861 bits per heavy atom. The number of hydrogen-bond acceptors (Lipinski definition) is 4. The summed E-state index contributed by atoms with van der Waals surface area (Å²) in [6.45, 7) is 3.60. The van der Waals surface area contributed by atoms with Crippen molar-refractivity contribution in [1.29, 1.82) is 0 Å². The lowest BCUT2D eigenvalue weighted by atomic mass is 10.1. The van der Waals surface area contributed by atoms with Gasteiger partial charge in [-0.3, -0.25) is 9.59 Å². The highest BCUT2D eigenvalue weighted by atomic mass is 16.2. The second-order valence-electron chi connectivity index (χ2n) is 9.78. The summed E-state index contributed by atoms with van der Waals surface area (Å²) in [6.07, 6.45) is 5.63. The molecule has 1 N–H and O–H groups in total. The first-order valence-electron chi connectivity index (χ1n) is 13.1. The van der Waals surface area contributed by atoms with Crippen LogP contribution in [0, 0.1) is 5.92 Å². The second-order valence-corrected chi connectivity index (χ2v) is 9.78. The van der Waals surface area contributed by atoms with Crippen molar-refractivity contribution in [3.05, 3.63) is 95.7 Å². The zero-order valence-corrected chi connectivity index (χ0v) is 20.7. The SMILES string of the molecule is O=C(NCCCCc1ccccc1)c1ccc(N2CCN(C(=O)C3CC3c3ccccc3)CC2)nc1. The summed E-state index contributed by atoms with van der Waals surface area (Å²) < 4.78 is 0. The van der Waals surface area contributed by atoms with E-state index in [1.807, 2.05) is 41.3 Å². The van der Waals surface area contributed by atoms with Gasteiger partial charge in [0.2, 0.25) is 5.91 Å². The minimum absolute atomic E-state index is 0.0819. The van der Waals surface area contributed by atoms with E-state index in [0.29, 0.717) is 31.1 Å². The van der Waals surface area contributed by atoms with Gasteiger partial charge in [-0.25, -0.2) is 4.98 Å². The Hall–Kier alpha value is -3.67. The number of benzene rings is 2. The first-order valence-corrected chi connectivity index (χ1v) is 13.1. The van der Waals surface area contributed by atoms with Crippen LogP contribution in [-0.2, 0) is 11.2 Å². The maximum atomic E-state index is 13.0. The van der Waals surface area contributed by atoms with Gasteiger partial charge in [0.15, 0.2) is 0 Å². The number of amides is 2. The summed E-state index contributed by atoms with van der Waals surface area (Å²) >= 11 is 0. The molecule has 1 saturated heterocycles. The number of hydrogen-bond donors (Lipinski definition) is 1. The molecule has 2 heterocycles. The van der Waals surface area contributed by atoms with Crippen molar-refractivity contribution in [3.63, 3.8) is 0 Å². The number of piperazine rings is 1. The van der Waals surface area contributed by atoms with Crippen LogP contribution in [0.3, 0.4) is 0 Å². The third-order valence-corrected chi connectivity index (χ3v) is 7.28. The number of unbranched alkanes of at least 4 members (excludes halogenated alkanes) is 1. The van der Waals surface area contributed by atoms with Gasteiger partial charge in [0.25, 0.3) is 5.91 Å². The molecule has 2 amide bonds. The minimum Gasteiger partial charge on any atom is -0.353 e. The Bertz CT molecular complexity index is 1140. The van der Waals surface area contributed by atoms with Crippen molar-refractivity contribution in [2.75, 3.05) is 37.6 Å². The van der Waals surface area contributed by atoms with E-state index in [1.54, 1.807) is 6.20 Å². The molecule has 2 unspecified atom stereocenters. The Balaban J connectivity index is 1.03. The molecule has 2 fully saturated rings. The lowest BCUT2D eigenvalue weighted by molar-refractivity contribution is -0.133. The number of nitrogens with one attached hydrogen (secondary N) is 1. The highest BCUT2D eigenvalue weighted by Gasteiger charge is 2.46. The molecule has 1 saturated carbocycles. The predicted octanol–water partition coefficient (Wildman–Crippen LogP) is 4.29. The summed E-state index contributed by atoms with van der Waals surface area (Å²) in [5, 5.41) is 3.00. The molecule has 2 aliphatic rings. The number of carbonyl (C=O) groups excluding carboxylic acids is 2. The van der Waals surface area contributed by atoms with Crippen molar-refractivity contribution >= 4 is 17.6 Å². The lowest BCUT2D eigenvalue weighted by Gasteiger charge is -2.35. The summed E-state index contributed by atoms with van der Waals surface area (Å²) in [7, 11) is 0. The molecule has 5 rings (SSSR count). The van der Waals surface area contributed by atoms with Gasteiger partial charge >= 0.3 is 0 Å². The van der Waals surface area contributed by atoms with Gasteiger partial charge in [-0.2, -0.15) is 0 Å². The fraction of sp³-hybridized carbons (Fsp3) is 0.367. The van der Waals surface area contributed by atoms with Crippen LogP contribution in [0.25, 0.3) is 0 Å². The quantitative estimate of drug-likeness (QED) is 0.462. The number of rotatable bonds is 9. The Kier molecular flexibility index (Phi) is 7.60. The first-order chi connectivity index (χ1) is 17.7. The Morgan fingerprint density at radius 2 is 1.58 bits per heavy atom. The van der Waals surface area contributed by atoms with E-state index in [4.69, 9.17) is 0 Å². The molecule has 0 spiro atoms. The number of pyridine rings is 1. The maximum absolute atomic E-state index is 13.0. The summed E-state index contributed by atoms with van der Waals surface area (Å²) in [6, 6.07) is 24.5. The van der Waals surface area contributed by atoms with Crippen LogP contribution in [0.2, 0.25) is 0 Å². The van der Waals surface area contributed by atoms with Crippen molar-refractivity contribution in [1.82, 2.24) is 15.2 Å². The van der Waals surface area contributed by atoms with E-state index in [1.165, 1.54) is 11.1 Å². The Morgan fingerprint density at radius 3 is 2.28 bits per heavy atom. The molecular formula is C30H34N4O2. The molecule has 1 aliphatic heterocycles. The average Bonchev–Trinajstić information content (AvgIpc) is 3.75. The van der Waals surface area contributed by atoms with Crippen molar-refractivity contribution < 1.29 is 9.59 Å². The van der Waals surface area contributed by atoms with E-state index in [9.17, 15) is 9.59 Å². The third-order valence-electron chi connectivity index (χ3n) is 7.28. The predicted molar refractivity (Wildman–Crippen MR) is 142 cm³/mol. The van der Waals surface area contributed by atoms with Crippen LogP contribution in [0.5, 0.6) is 0 Å². The monoisotopic (exact) mass is 482 g/mol.